The van der Waals surface area contributed by atoms with E-state index in [9.17, 15) is 0 Å². The molecule has 0 aromatic carbocycles. The molecule has 0 aromatic rings. The largest absolute Gasteiger partial charge is 0.471 e. The molecule has 0 saturated heterocycles. The average molecular weight is 163 g/mol. The van der Waals surface area contributed by atoms with E-state index in [1.807, 2.05) is 0 Å². The highest BCUT2D eigenvalue weighted by molar-refractivity contribution is 7.80. The van der Waals surface area contributed by atoms with E-state index in [1.54, 1.807) is 0 Å². The number of nitrogens with two attached hydrogens (primary N) is 1. The van der Waals surface area contributed by atoms with Gasteiger partial charge in [-0.1, -0.05) is 19.1 Å². The second-order valence-electron chi connectivity index (χ2n) is 1.55. The van der Waals surface area contributed by atoms with Crippen LogP contribution >= 0.6 is 12.2 Å². The number of carbonyl (C=O) groups is 1. The van der Waals surface area contributed by atoms with Gasteiger partial charge in [0.25, 0.3) is 6.47 Å². The fourth-order valence-electron chi connectivity index (χ4n) is 0.246. The topological polar surface area (TPSA) is 52.3 Å². The smallest absolute Gasteiger partial charge is 0.292 e. The lowest BCUT2D eigenvalue weighted by atomic mass is 10.3. The van der Waals surface area contributed by atoms with Gasteiger partial charge in [-0.25, -0.2) is 0 Å². The fraction of sp³-hybridized carbons (Fsp3) is 0.667. The molecule has 0 radical (unpaired) electrons. The Labute approximate surface area is 66.5 Å². The van der Waals surface area contributed by atoms with Crippen LogP contribution in [0.4, 0.5) is 0 Å². The van der Waals surface area contributed by atoms with Gasteiger partial charge in [0, 0.05) is 0 Å². The average Bonchev–Trinajstić information content (AvgIpc) is 1.89. The second kappa shape index (κ2) is 11.2. The van der Waals surface area contributed by atoms with Gasteiger partial charge in [0.05, 0.1) is 12.1 Å². The van der Waals surface area contributed by atoms with Crippen LogP contribution in [0.15, 0.2) is 0 Å². The Morgan fingerprint density at radius 1 is 1.80 bits per heavy atom. The molecule has 0 saturated carbocycles. The summed E-state index contributed by atoms with van der Waals surface area (Å²) in [5, 5.41) is 0. The van der Waals surface area contributed by atoms with Crippen LogP contribution in [0.5, 0.6) is 0 Å². The second-order valence-corrected chi connectivity index (χ2v) is 2.07. The van der Waals surface area contributed by atoms with Crippen molar-refractivity contribution in [2.75, 3.05) is 7.11 Å². The summed E-state index contributed by atoms with van der Waals surface area (Å²) < 4.78 is 3.86. The highest BCUT2D eigenvalue weighted by Gasteiger charge is 1.79. The Hall–Kier alpha value is -0.640. The maximum absolute atomic E-state index is 8.95. The molecule has 60 valence electrons. The van der Waals surface area contributed by atoms with E-state index in [0.29, 0.717) is 11.5 Å². The molecule has 4 heteroatoms. The summed E-state index contributed by atoms with van der Waals surface area (Å²) in [6.45, 7) is 2.43. The molecule has 0 aliphatic rings. The number of thiocarbonyl (C=S) groups is 1. The van der Waals surface area contributed by atoms with Gasteiger partial charge in [0.15, 0.2) is 0 Å². The number of hydrogen-bond donors (Lipinski definition) is 1. The summed E-state index contributed by atoms with van der Waals surface area (Å²) >= 11 is 4.57. The van der Waals surface area contributed by atoms with Gasteiger partial charge in [0.2, 0.25) is 0 Å². The Morgan fingerprint density at radius 3 is 2.20 bits per heavy atom. The van der Waals surface area contributed by atoms with E-state index >= 15 is 0 Å². The molecule has 0 unspecified atom stereocenters. The third-order valence-corrected chi connectivity index (χ3v) is 0.797. The summed E-state index contributed by atoms with van der Waals surface area (Å²) in [6, 6.07) is 0. The summed E-state index contributed by atoms with van der Waals surface area (Å²) in [5.41, 5.74) is 5.13. The van der Waals surface area contributed by atoms with Gasteiger partial charge < -0.3 is 10.5 Å². The van der Waals surface area contributed by atoms with Crippen LogP contribution in [-0.4, -0.2) is 18.6 Å². The molecule has 0 atom stereocenters. The van der Waals surface area contributed by atoms with Crippen molar-refractivity contribution in [2.24, 2.45) is 5.73 Å². The van der Waals surface area contributed by atoms with E-state index in [-0.39, 0.29) is 0 Å². The Balaban J connectivity index is 0. The van der Waals surface area contributed by atoms with Crippen molar-refractivity contribution in [3.05, 3.63) is 0 Å². The number of rotatable bonds is 3. The molecule has 0 aliphatic carbocycles. The van der Waals surface area contributed by atoms with Crippen LogP contribution in [0.2, 0.25) is 0 Å². The first kappa shape index (κ1) is 12.1. The van der Waals surface area contributed by atoms with E-state index in [0.717, 1.165) is 12.8 Å². The normalized spacial score (nSPS) is 7.00. The molecule has 0 fully saturated rings. The predicted octanol–water partition coefficient (Wildman–Crippen LogP) is 0.862. The van der Waals surface area contributed by atoms with E-state index in [2.05, 4.69) is 23.9 Å². The highest BCUT2D eigenvalue weighted by Crippen LogP contribution is 1.83. The number of ether oxygens (including phenoxy) is 1. The third-order valence-electron chi connectivity index (χ3n) is 0.593. The van der Waals surface area contributed by atoms with Crippen LogP contribution < -0.4 is 5.73 Å². The monoisotopic (exact) mass is 163 g/mol. The molecule has 0 aromatic heterocycles. The minimum Gasteiger partial charge on any atom is -0.471 e. The SMILES string of the molecule is CCCC(N)=S.COC=O. The number of methoxy groups -OCH3 is 1. The highest BCUT2D eigenvalue weighted by atomic mass is 32.1. The molecule has 0 aliphatic heterocycles. The van der Waals surface area contributed by atoms with Crippen molar-refractivity contribution in [2.45, 2.75) is 19.8 Å². The van der Waals surface area contributed by atoms with Crippen molar-refractivity contribution < 1.29 is 9.53 Å². The minimum absolute atomic E-state index is 0.375. The predicted molar refractivity (Wildman–Crippen MR) is 44.8 cm³/mol. The zero-order valence-electron chi connectivity index (χ0n) is 6.29. The third kappa shape index (κ3) is 26.4. The van der Waals surface area contributed by atoms with Gasteiger partial charge in [-0.05, 0) is 12.8 Å². The number of hydrogen-bond acceptors (Lipinski definition) is 3. The Morgan fingerprint density at radius 2 is 2.20 bits per heavy atom. The lowest BCUT2D eigenvalue weighted by Crippen LogP contribution is -2.05. The first-order valence-electron chi connectivity index (χ1n) is 2.93. The maximum Gasteiger partial charge on any atom is 0.292 e. The van der Waals surface area contributed by atoms with Crippen LogP contribution in [-0.2, 0) is 9.53 Å². The van der Waals surface area contributed by atoms with E-state index in [4.69, 9.17) is 10.5 Å². The van der Waals surface area contributed by atoms with Gasteiger partial charge in [-0.2, -0.15) is 0 Å². The summed E-state index contributed by atoms with van der Waals surface area (Å²) in [5.74, 6) is 0. The lowest BCUT2D eigenvalue weighted by Gasteiger charge is -1.85. The van der Waals surface area contributed by atoms with E-state index in [1.165, 1.54) is 7.11 Å². The quantitative estimate of drug-likeness (QED) is 0.495. The summed E-state index contributed by atoms with van der Waals surface area (Å²) in [7, 11) is 1.31. The van der Waals surface area contributed by atoms with Crippen molar-refractivity contribution >= 4 is 23.7 Å². The van der Waals surface area contributed by atoms with Crippen molar-refractivity contribution in [1.82, 2.24) is 0 Å². The van der Waals surface area contributed by atoms with Gasteiger partial charge in [-0.3, -0.25) is 4.79 Å². The van der Waals surface area contributed by atoms with Crippen LogP contribution in [0.25, 0.3) is 0 Å². The molecule has 0 rings (SSSR count). The standard InChI is InChI=1S/C4H9NS.C2H4O2/c1-2-3-4(5)6;1-4-2-3/h2-3H2,1H3,(H2,5,6);2H,1H3. The van der Waals surface area contributed by atoms with Gasteiger partial charge >= 0.3 is 0 Å². The zero-order chi connectivity index (χ0) is 8.41. The minimum atomic E-state index is 0.375. The van der Waals surface area contributed by atoms with Crippen molar-refractivity contribution in [1.29, 1.82) is 0 Å². The van der Waals surface area contributed by atoms with Gasteiger partial charge in [-0.15, -0.1) is 0 Å². The lowest BCUT2D eigenvalue weighted by molar-refractivity contribution is -0.126. The molecular weight excluding hydrogens is 150 g/mol. The first-order chi connectivity index (χ1) is 4.68. The molecule has 0 bridgehead atoms. The number of carbonyl (C=O) groups excluding carboxylic acids is 1. The van der Waals surface area contributed by atoms with Crippen LogP contribution in [0, 0.1) is 0 Å². The molecular formula is C6H13NO2S. The molecule has 0 heterocycles. The molecule has 10 heavy (non-hydrogen) atoms. The van der Waals surface area contributed by atoms with Crippen molar-refractivity contribution in [3.63, 3.8) is 0 Å². The van der Waals surface area contributed by atoms with Crippen molar-refractivity contribution in [3.8, 4) is 0 Å². The zero-order valence-corrected chi connectivity index (χ0v) is 7.11. The van der Waals surface area contributed by atoms with Crippen LogP contribution in [0.3, 0.4) is 0 Å². The fourth-order valence-corrected chi connectivity index (χ4v) is 0.451. The maximum atomic E-state index is 8.95. The van der Waals surface area contributed by atoms with Crippen LogP contribution in [0.1, 0.15) is 19.8 Å². The summed E-state index contributed by atoms with van der Waals surface area (Å²) in [4.78, 5) is 9.57. The summed E-state index contributed by atoms with van der Waals surface area (Å²) in [6.07, 6.45) is 1.95. The molecule has 0 spiro atoms. The molecule has 2 N–H and O–H groups in total. The van der Waals surface area contributed by atoms with E-state index < -0.39 is 0 Å². The van der Waals surface area contributed by atoms with Gasteiger partial charge in [0.1, 0.15) is 0 Å². The Bertz CT molecular complexity index is 95.7. The molecule has 3 nitrogen and oxygen atoms in total. The Kier molecular flexibility index (Phi) is 13.5. The first-order valence-corrected chi connectivity index (χ1v) is 3.34. The molecule has 0 amide bonds.